The molecule has 0 atom stereocenters. The van der Waals surface area contributed by atoms with E-state index < -0.39 is 0 Å². The molecule has 27 heavy (non-hydrogen) atoms. The van der Waals surface area contributed by atoms with Crippen molar-refractivity contribution in [3.05, 3.63) is 72.1 Å². The zero-order valence-corrected chi connectivity index (χ0v) is 15.1. The van der Waals surface area contributed by atoms with Gasteiger partial charge in [-0.25, -0.2) is 9.98 Å². The van der Waals surface area contributed by atoms with Crippen molar-refractivity contribution < 1.29 is 4.79 Å². The van der Waals surface area contributed by atoms with Crippen LogP contribution in [-0.4, -0.2) is 30.9 Å². The highest BCUT2D eigenvalue weighted by Gasteiger charge is 2.20. The third-order valence-corrected chi connectivity index (χ3v) is 4.22. The maximum absolute atomic E-state index is 12.2. The first kappa shape index (κ1) is 16.8. The first-order valence-electron chi connectivity index (χ1n) is 8.61. The minimum absolute atomic E-state index is 0.253. The lowest BCUT2D eigenvalue weighted by molar-refractivity contribution is -0.115. The number of benzene rings is 2. The summed E-state index contributed by atoms with van der Waals surface area (Å²) in [7, 11) is 3.97. The molecule has 0 saturated carbocycles. The predicted molar refractivity (Wildman–Crippen MR) is 110 cm³/mol. The van der Waals surface area contributed by atoms with E-state index in [1.807, 2.05) is 79.7 Å². The summed E-state index contributed by atoms with van der Waals surface area (Å²) < 4.78 is 0. The van der Waals surface area contributed by atoms with Gasteiger partial charge in [0.15, 0.2) is 0 Å². The summed E-state index contributed by atoms with van der Waals surface area (Å²) in [5.74, 6) is 0.156. The molecule has 2 N–H and O–H groups in total. The van der Waals surface area contributed by atoms with Crippen LogP contribution in [0.2, 0.25) is 0 Å². The first-order valence-corrected chi connectivity index (χ1v) is 8.61. The zero-order valence-electron chi connectivity index (χ0n) is 15.1. The fourth-order valence-corrected chi connectivity index (χ4v) is 2.91. The molecule has 0 fully saturated rings. The topological polar surface area (TPSA) is 69.6 Å². The van der Waals surface area contributed by atoms with Gasteiger partial charge in [-0.15, -0.1) is 0 Å². The Morgan fingerprint density at radius 1 is 1.00 bits per heavy atom. The second kappa shape index (κ2) is 6.92. The van der Waals surface area contributed by atoms with E-state index in [0.29, 0.717) is 17.4 Å². The van der Waals surface area contributed by atoms with Gasteiger partial charge in [0.05, 0.1) is 16.9 Å². The largest absolute Gasteiger partial charge is 0.376 e. The Balaban J connectivity index is 1.66. The highest BCUT2D eigenvalue weighted by molar-refractivity contribution is 6.17. The van der Waals surface area contributed by atoms with Gasteiger partial charge in [-0.3, -0.25) is 10.1 Å². The van der Waals surface area contributed by atoms with Gasteiger partial charge in [-0.05, 0) is 30.3 Å². The predicted octanol–water partition coefficient (Wildman–Crippen LogP) is 3.24. The average Bonchev–Trinajstić information content (AvgIpc) is 3.00. The molecule has 6 nitrogen and oxygen atoms in total. The van der Waals surface area contributed by atoms with Crippen LogP contribution >= 0.6 is 0 Å². The number of amides is 1. The summed E-state index contributed by atoms with van der Waals surface area (Å²) in [6.45, 7) is 0. The van der Waals surface area contributed by atoms with Crippen molar-refractivity contribution in [2.45, 2.75) is 0 Å². The Kier molecular flexibility index (Phi) is 4.30. The van der Waals surface area contributed by atoms with Crippen LogP contribution in [0.25, 0.3) is 17.0 Å². The number of nitrogens with zero attached hydrogens (tertiary/aromatic N) is 3. The van der Waals surface area contributed by atoms with Crippen molar-refractivity contribution >= 4 is 40.2 Å². The number of aliphatic imine (C=N–C) groups is 1. The number of nitrogens with one attached hydrogen (secondary N) is 2. The van der Waals surface area contributed by atoms with E-state index in [4.69, 9.17) is 4.98 Å². The fraction of sp³-hybridized carbons (Fsp3) is 0.0952. The Bertz CT molecular complexity index is 1070. The van der Waals surface area contributed by atoms with Gasteiger partial charge in [-0.1, -0.05) is 36.4 Å². The molecule has 1 amide bonds. The summed E-state index contributed by atoms with van der Waals surface area (Å²) in [5.41, 5.74) is 3.78. The van der Waals surface area contributed by atoms with Crippen molar-refractivity contribution in [2.75, 3.05) is 24.3 Å². The minimum Gasteiger partial charge on any atom is -0.376 e. The molecule has 2 aromatic carbocycles. The number of guanidine groups is 1. The number of carbonyl (C=O) groups excluding carboxylic acids is 1. The molecule has 0 aliphatic carbocycles. The van der Waals surface area contributed by atoms with Crippen LogP contribution in [0.4, 0.5) is 11.4 Å². The lowest BCUT2D eigenvalue weighted by Crippen LogP contribution is -2.29. The number of anilines is 2. The van der Waals surface area contributed by atoms with Gasteiger partial charge >= 0.3 is 0 Å². The quantitative estimate of drug-likeness (QED) is 0.706. The van der Waals surface area contributed by atoms with Crippen molar-refractivity contribution in [1.82, 2.24) is 10.3 Å². The minimum atomic E-state index is -0.253. The average molecular weight is 357 g/mol. The van der Waals surface area contributed by atoms with Crippen molar-refractivity contribution in [1.29, 1.82) is 0 Å². The Morgan fingerprint density at radius 3 is 2.59 bits per heavy atom. The van der Waals surface area contributed by atoms with E-state index in [1.165, 1.54) is 0 Å². The summed E-state index contributed by atoms with van der Waals surface area (Å²) >= 11 is 0. The highest BCUT2D eigenvalue weighted by Crippen LogP contribution is 2.24. The van der Waals surface area contributed by atoms with E-state index in [2.05, 4.69) is 15.6 Å². The van der Waals surface area contributed by atoms with E-state index >= 15 is 0 Å². The number of rotatable bonds is 3. The van der Waals surface area contributed by atoms with Crippen LogP contribution < -0.4 is 15.5 Å². The normalized spacial score (nSPS) is 15.0. The second-order valence-electron chi connectivity index (χ2n) is 6.41. The molecule has 0 radical (unpaired) electrons. The number of hydrogen-bond donors (Lipinski definition) is 2. The van der Waals surface area contributed by atoms with Crippen LogP contribution in [0, 0.1) is 0 Å². The molecule has 1 aliphatic heterocycles. The van der Waals surface area contributed by atoms with Crippen molar-refractivity contribution in [3.8, 4) is 0 Å². The molecule has 1 aromatic heterocycles. The molecule has 1 aliphatic rings. The number of hydrogen-bond acceptors (Lipinski definition) is 5. The highest BCUT2D eigenvalue weighted by atomic mass is 16.2. The Labute approximate surface area is 157 Å². The number of carbonyl (C=O) groups is 1. The molecule has 134 valence electrons. The Morgan fingerprint density at radius 2 is 1.81 bits per heavy atom. The van der Waals surface area contributed by atoms with Crippen LogP contribution in [0.3, 0.4) is 0 Å². The van der Waals surface area contributed by atoms with E-state index in [9.17, 15) is 4.79 Å². The van der Waals surface area contributed by atoms with Gasteiger partial charge in [0.1, 0.15) is 5.70 Å². The molecule has 0 saturated heterocycles. The molecular formula is C21H19N5O. The lowest BCUT2D eigenvalue weighted by Gasteiger charge is -2.14. The molecule has 0 spiro atoms. The number of pyridine rings is 1. The van der Waals surface area contributed by atoms with Gasteiger partial charge in [0, 0.05) is 25.2 Å². The van der Waals surface area contributed by atoms with Crippen LogP contribution in [0.1, 0.15) is 5.69 Å². The van der Waals surface area contributed by atoms with E-state index in [0.717, 1.165) is 22.3 Å². The summed E-state index contributed by atoms with van der Waals surface area (Å²) in [4.78, 5) is 23.3. The second-order valence-corrected chi connectivity index (χ2v) is 6.41. The molecule has 0 bridgehead atoms. The van der Waals surface area contributed by atoms with Gasteiger partial charge in [0.2, 0.25) is 5.96 Å². The number of fused-ring (bicyclic) bond motifs is 1. The fourth-order valence-electron chi connectivity index (χ4n) is 2.91. The molecule has 3 aromatic rings. The SMILES string of the molecule is CN(C)c1cccc2ccc(/C=C3\N=C(Nc4ccccc4)NC3=O)nc12. The zero-order chi connectivity index (χ0) is 18.8. The molecule has 6 heteroatoms. The molecular weight excluding hydrogens is 338 g/mol. The lowest BCUT2D eigenvalue weighted by atomic mass is 10.1. The maximum Gasteiger partial charge on any atom is 0.276 e. The Hall–Kier alpha value is -3.67. The number of aromatic nitrogens is 1. The maximum atomic E-state index is 12.2. The van der Waals surface area contributed by atoms with Gasteiger partial charge in [0.25, 0.3) is 5.91 Å². The van der Waals surface area contributed by atoms with Crippen molar-refractivity contribution in [3.63, 3.8) is 0 Å². The third-order valence-electron chi connectivity index (χ3n) is 4.22. The van der Waals surface area contributed by atoms with Gasteiger partial charge < -0.3 is 10.2 Å². The van der Waals surface area contributed by atoms with Crippen molar-refractivity contribution in [2.24, 2.45) is 4.99 Å². The smallest absolute Gasteiger partial charge is 0.276 e. The van der Waals surface area contributed by atoms with Crippen LogP contribution in [-0.2, 0) is 4.79 Å². The summed E-state index contributed by atoms with van der Waals surface area (Å²) in [5, 5.41) is 6.88. The summed E-state index contributed by atoms with van der Waals surface area (Å²) in [6, 6.07) is 19.5. The number of para-hydroxylation sites is 2. The van der Waals surface area contributed by atoms with E-state index in [1.54, 1.807) is 6.08 Å². The first-order chi connectivity index (χ1) is 13.1. The van der Waals surface area contributed by atoms with E-state index in [-0.39, 0.29) is 5.91 Å². The standard InChI is InChI=1S/C21H19N5O/c1-26(2)18-10-6-7-14-11-12-16(22-19(14)18)13-17-20(27)25-21(24-17)23-15-8-4-3-5-9-15/h3-13H,1-2H3,(H2,23,24,25,27)/b17-13-. The van der Waals surface area contributed by atoms with Gasteiger partial charge in [-0.2, -0.15) is 0 Å². The van der Waals surface area contributed by atoms with Crippen LogP contribution in [0.15, 0.2) is 71.4 Å². The monoisotopic (exact) mass is 357 g/mol. The third kappa shape index (κ3) is 3.50. The molecule has 2 heterocycles. The van der Waals surface area contributed by atoms with Crippen LogP contribution in [0.5, 0.6) is 0 Å². The summed E-state index contributed by atoms with van der Waals surface area (Å²) in [6.07, 6.45) is 1.70. The molecule has 4 rings (SSSR count). The molecule has 0 unspecified atom stereocenters.